The van der Waals surface area contributed by atoms with Gasteiger partial charge in [0.1, 0.15) is 5.82 Å². The van der Waals surface area contributed by atoms with Crippen molar-refractivity contribution in [2.45, 2.75) is 39.0 Å². The predicted octanol–water partition coefficient (Wildman–Crippen LogP) is 2.96. The number of carbonyl (C=O) groups excluding carboxylic acids is 2. The number of amides is 2. The van der Waals surface area contributed by atoms with E-state index in [2.05, 4.69) is 17.4 Å². The van der Waals surface area contributed by atoms with Crippen LogP contribution in [-0.2, 0) is 16.0 Å². The molecule has 2 aromatic rings. The van der Waals surface area contributed by atoms with E-state index in [9.17, 15) is 14.0 Å². The minimum absolute atomic E-state index is 0.0408. The van der Waals surface area contributed by atoms with Crippen LogP contribution in [0.2, 0.25) is 0 Å². The number of hydrogen-bond acceptors (Lipinski definition) is 3. The van der Waals surface area contributed by atoms with Gasteiger partial charge in [-0.2, -0.15) is 0 Å². The number of likely N-dealkylation sites (tertiary alicyclic amines) is 1. The number of aryl methyl sites for hydroxylation is 1. The molecule has 1 aromatic carbocycles. The third-order valence-corrected chi connectivity index (χ3v) is 5.04. The van der Waals surface area contributed by atoms with Crippen LogP contribution in [0.25, 0.3) is 0 Å². The van der Waals surface area contributed by atoms with Crippen molar-refractivity contribution >= 4 is 11.8 Å². The second-order valence-electron chi connectivity index (χ2n) is 7.43. The molecule has 2 heterocycles. The Morgan fingerprint density at radius 2 is 1.96 bits per heavy atom. The van der Waals surface area contributed by atoms with Gasteiger partial charge in [0, 0.05) is 37.3 Å². The number of piperidine rings is 1. The van der Waals surface area contributed by atoms with E-state index in [1.165, 1.54) is 19.1 Å². The summed E-state index contributed by atoms with van der Waals surface area (Å²) in [6.45, 7) is 4.75. The van der Waals surface area contributed by atoms with Crippen molar-refractivity contribution in [2.24, 2.45) is 0 Å². The van der Waals surface area contributed by atoms with Crippen molar-refractivity contribution in [2.75, 3.05) is 19.6 Å². The highest BCUT2D eigenvalue weighted by Crippen LogP contribution is 2.27. The maximum absolute atomic E-state index is 13.1. The summed E-state index contributed by atoms with van der Waals surface area (Å²) in [5.74, 6) is -0.310. The lowest BCUT2D eigenvalue weighted by atomic mass is 9.92. The van der Waals surface area contributed by atoms with Gasteiger partial charge in [0.2, 0.25) is 11.8 Å². The first-order chi connectivity index (χ1) is 13.4. The van der Waals surface area contributed by atoms with E-state index in [0.717, 1.165) is 35.4 Å². The third-order valence-electron chi connectivity index (χ3n) is 5.04. The average molecular weight is 383 g/mol. The number of nitrogens with zero attached hydrogens (tertiary/aromatic N) is 2. The van der Waals surface area contributed by atoms with Gasteiger partial charge in [0.25, 0.3) is 0 Å². The molecule has 1 saturated heterocycles. The topological polar surface area (TPSA) is 62.3 Å². The lowest BCUT2D eigenvalue weighted by Crippen LogP contribution is -2.44. The maximum Gasteiger partial charge on any atom is 0.241 e. The maximum atomic E-state index is 13.1. The lowest BCUT2D eigenvalue weighted by Gasteiger charge is -2.33. The van der Waals surface area contributed by atoms with E-state index in [-0.39, 0.29) is 30.1 Å². The Balaban J connectivity index is 1.71. The number of rotatable bonds is 5. The molecule has 0 radical (unpaired) electrons. The van der Waals surface area contributed by atoms with Crippen LogP contribution in [-0.4, -0.2) is 41.3 Å². The standard InChI is InChI=1S/C22H26FN3O2/c1-15-10-18(11-17-5-7-20(23)8-6-17)12-21(25-15)19-4-3-9-26(14-19)22(28)13-24-16(2)27/h5-8,10,12,19H,3-4,9,11,13-14H2,1-2H3,(H,24,27)/t19-/m1/s1. The van der Waals surface area contributed by atoms with E-state index in [1.54, 1.807) is 12.1 Å². The molecule has 0 spiro atoms. The number of carbonyl (C=O) groups is 2. The molecule has 1 atom stereocenters. The zero-order valence-corrected chi connectivity index (χ0v) is 16.4. The molecule has 1 N–H and O–H groups in total. The van der Waals surface area contributed by atoms with Crippen LogP contribution in [0.3, 0.4) is 0 Å². The number of benzene rings is 1. The number of aromatic nitrogens is 1. The molecule has 0 saturated carbocycles. The van der Waals surface area contributed by atoms with Crippen molar-refractivity contribution < 1.29 is 14.0 Å². The fourth-order valence-corrected chi connectivity index (χ4v) is 3.67. The minimum Gasteiger partial charge on any atom is -0.347 e. The highest BCUT2D eigenvalue weighted by atomic mass is 19.1. The normalized spacial score (nSPS) is 16.7. The summed E-state index contributed by atoms with van der Waals surface area (Å²) in [4.78, 5) is 29.9. The number of halogens is 1. The van der Waals surface area contributed by atoms with Gasteiger partial charge in [-0.1, -0.05) is 12.1 Å². The van der Waals surface area contributed by atoms with Gasteiger partial charge in [-0.25, -0.2) is 4.39 Å². The molecule has 0 unspecified atom stereocenters. The second kappa shape index (κ2) is 8.95. The van der Waals surface area contributed by atoms with Crippen LogP contribution < -0.4 is 5.32 Å². The Kier molecular flexibility index (Phi) is 6.39. The highest BCUT2D eigenvalue weighted by molar-refractivity contribution is 5.83. The smallest absolute Gasteiger partial charge is 0.241 e. The molecule has 1 aromatic heterocycles. The fourth-order valence-electron chi connectivity index (χ4n) is 3.67. The van der Waals surface area contributed by atoms with Gasteiger partial charge in [-0.05, 0) is 61.6 Å². The Morgan fingerprint density at radius 3 is 2.68 bits per heavy atom. The molecule has 2 amide bonds. The van der Waals surface area contributed by atoms with Crippen LogP contribution in [0.1, 0.15) is 48.2 Å². The van der Waals surface area contributed by atoms with Crippen LogP contribution >= 0.6 is 0 Å². The molecule has 0 aliphatic carbocycles. The summed E-state index contributed by atoms with van der Waals surface area (Å²) >= 11 is 0. The molecule has 1 aliphatic rings. The van der Waals surface area contributed by atoms with Crippen LogP contribution in [0.5, 0.6) is 0 Å². The Labute approximate surface area is 165 Å². The van der Waals surface area contributed by atoms with Gasteiger partial charge >= 0.3 is 0 Å². The van der Waals surface area contributed by atoms with Gasteiger partial charge < -0.3 is 10.2 Å². The largest absolute Gasteiger partial charge is 0.347 e. The van der Waals surface area contributed by atoms with E-state index < -0.39 is 0 Å². The van der Waals surface area contributed by atoms with Gasteiger partial charge in [-0.15, -0.1) is 0 Å². The Hall–Kier alpha value is -2.76. The van der Waals surface area contributed by atoms with E-state index >= 15 is 0 Å². The molecule has 148 valence electrons. The SMILES string of the molecule is CC(=O)NCC(=O)N1CCC[C@@H](c2cc(Cc3ccc(F)cc3)cc(C)n2)C1. The van der Waals surface area contributed by atoms with Crippen LogP contribution in [0, 0.1) is 12.7 Å². The number of hydrogen-bond donors (Lipinski definition) is 1. The molecular formula is C22H26FN3O2. The van der Waals surface area contributed by atoms with Crippen molar-refractivity contribution in [3.05, 3.63) is 64.7 Å². The fraction of sp³-hybridized carbons (Fsp3) is 0.409. The molecule has 5 nitrogen and oxygen atoms in total. The van der Waals surface area contributed by atoms with Gasteiger partial charge in [0.15, 0.2) is 0 Å². The summed E-state index contributed by atoms with van der Waals surface area (Å²) < 4.78 is 13.1. The second-order valence-corrected chi connectivity index (χ2v) is 7.43. The monoisotopic (exact) mass is 383 g/mol. The summed E-state index contributed by atoms with van der Waals surface area (Å²) in [6.07, 6.45) is 2.62. The first-order valence-electron chi connectivity index (χ1n) is 9.65. The van der Waals surface area contributed by atoms with Crippen LogP contribution in [0.4, 0.5) is 4.39 Å². The van der Waals surface area contributed by atoms with Crippen molar-refractivity contribution in [1.82, 2.24) is 15.2 Å². The molecule has 3 rings (SSSR count). The van der Waals surface area contributed by atoms with Crippen molar-refractivity contribution in [3.63, 3.8) is 0 Å². The molecule has 0 bridgehead atoms. The van der Waals surface area contributed by atoms with E-state index in [0.29, 0.717) is 19.5 Å². The predicted molar refractivity (Wildman–Crippen MR) is 105 cm³/mol. The molecule has 1 aliphatic heterocycles. The lowest BCUT2D eigenvalue weighted by molar-refractivity contribution is -0.133. The summed E-state index contributed by atoms with van der Waals surface area (Å²) in [5.41, 5.74) is 4.12. The van der Waals surface area contributed by atoms with Gasteiger partial charge in [-0.3, -0.25) is 14.6 Å². The van der Waals surface area contributed by atoms with E-state index in [4.69, 9.17) is 4.98 Å². The van der Waals surface area contributed by atoms with Crippen LogP contribution in [0.15, 0.2) is 36.4 Å². The minimum atomic E-state index is -0.235. The van der Waals surface area contributed by atoms with Crippen molar-refractivity contribution in [1.29, 1.82) is 0 Å². The Morgan fingerprint density at radius 1 is 1.21 bits per heavy atom. The summed E-state index contributed by atoms with van der Waals surface area (Å²) in [7, 11) is 0. The first kappa shape index (κ1) is 20.0. The molecule has 1 fully saturated rings. The van der Waals surface area contributed by atoms with Crippen molar-refractivity contribution in [3.8, 4) is 0 Å². The first-order valence-corrected chi connectivity index (χ1v) is 9.65. The highest BCUT2D eigenvalue weighted by Gasteiger charge is 2.26. The third kappa shape index (κ3) is 5.38. The molecule has 6 heteroatoms. The zero-order valence-electron chi connectivity index (χ0n) is 16.4. The zero-order chi connectivity index (χ0) is 20.1. The summed E-state index contributed by atoms with van der Waals surface area (Å²) in [6, 6.07) is 10.7. The average Bonchev–Trinajstić information content (AvgIpc) is 2.67. The number of nitrogens with one attached hydrogen (secondary N) is 1. The molecule has 28 heavy (non-hydrogen) atoms. The Bertz CT molecular complexity index is 851. The summed E-state index contributed by atoms with van der Waals surface area (Å²) in [5, 5.41) is 2.57. The molecular weight excluding hydrogens is 357 g/mol. The number of pyridine rings is 1. The van der Waals surface area contributed by atoms with Gasteiger partial charge in [0.05, 0.1) is 6.54 Å². The quantitative estimate of drug-likeness (QED) is 0.863. The van der Waals surface area contributed by atoms with E-state index in [1.807, 2.05) is 11.8 Å².